The molecule has 0 aliphatic heterocycles. The summed E-state index contributed by atoms with van der Waals surface area (Å²) in [6.07, 6.45) is 0. The van der Waals surface area contributed by atoms with Crippen LogP contribution in [0.4, 0.5) is 3.89 Å². The minimum Gasteiger partial charge on any atom is -0.329 e. The fourth-order valence-corrected chi connectivity index (χ4v) is 0.422. The van der Waals surface area contributed by atoms with Crippen LogP contribution in [0.2, 0.25) is 0 Å². The minimum atomic E-state index is -4.30. The normalized spacial score (nSPS) is 10.2. The fourth-order valence-electron chi connectivity index (χ4n) is 0.141. The van der Waals surface area contributed by atoms with Crippen molar-refractivity contribution in [1.82, 2.24) is 0 Å². The number of nitrogens with two attached hydrogens (primary N) is 1. The van der Waals surface area contributed by atoms with Crippen molar-refractivity contribution in [1.29, 1.82) is 0 Å². The second kappa shape index (κ2) is 4.05. The van der Waals surface area contributed by atoms with Gasteiger partial charge in [-0.15, -0.1) is 16.3 Å². The van der Waals surface area contributed by atoms with Crippen molar-refractivity contribution in [3.63, 3.8) is 0 Å². The van der Waals surface area contributed by atoms with E-state index >= 15 is 0 Å². The predicted octanol–water partition coefficient (Wildman–Crippen LogP) is -0.334. The Hall–Kier alpha value is 0.130. The first kappa shape index (κ1) is 11.0. The Kier molecular flexibility index (Phi) is 5.57. The van der Waals surface area contributed by atoms with E-state index < -0.39 is 16.0 Å². The van der Waals surface area contributed by atoms with Crippen molar-refractivity contribution in [3.05, 3.63) is 0 Å². The highest BCUT2D eigenvalue weighted by molar-refractivity contribution is 7.86. The van der Waals surface area contributed by atoms with Crippen molar-refractivity contribution in [2.75, 3.05) is 12.3 Å². The van der Waals surface area contributed by atoms with E-state index in [1.807, 2.05) is 0 Å². The van der Waals surface area contributed by atoms with Crippen LogP contribution in [0, 0.1) is 0 Å². The monoisotopic (exact) mass is 163 g/mol. The summed E-state index contributed by atoms with van der Waals surface area (Å²) in [4.78, 5) is 0. The van der Waals surface area contributed by atoms with Crippen LogP contribution >= 0.6 is 12.4 Å². The summed E-state index contributed by atoms with van der Waals surface area (Å²) in [6, 6.07) is 0. The Morgan fingerprint density at radius 3 is 1.88 bits per heavy atom. The quantitative estimate of drug-likeness (QED) is 0.567. The number of halogens is 2. The molecule has 0 fully saturated rings. The Labute approximate surface area is 53.7 Å². The zero-order chi connectivity index (χ0) is 5.91. The second-order valence-corrected chi connectivity index (χ2v) is 2.52. The van der Waals surface area contributed by atoms with Gasteiger partial charge in [0.15, 0.2) is 0 Å². The molecule has 8 heavy (non-hydrogen) atoms. The summed E-state index contributed by atoms with van der Waals surface area (Å²) >= 11 is 0. The third kappa shape index (κ3) is 9.46. The molecular weight excluding hydrogens is 157 g/mol. The maximum atomic E-state index is 11.3. The lowest BCUT2D eigenvalue weighted by atomic mass is 10.8. The molecule has 0 atom stereocenters. The van der Waals surface area contributed by atoms with Crippen LogP contribution in [0.5, 0.6) is 0 Å². The molecule has 0 unspecified atom stereocenters. The molecule has 0 spiro atoms. The molecule has 0 aromatic carbocycles. The maximum absolute atomic E-state index is 11.3. The first-order valence-corrected chi connectivity index (χ1v) is 3.24. The summed E-state index contributed by atoms with van der Waals surface area (Å²) in [5.41, 5.74) is 4.70. The molecule has 0 saturated heterocycles. The molecule has 0 rings (SSSR count). The van der Waals surface area contributed by atoms with Gasteiger partial charge in [-0.1, -0.05) is 0 Å². The first-order chi connectivity index (χ1) is 3.06. The summed E-state index contributed by atoms with van der Waals surface area (Å²) in [6.45, 7) is -0.154. The van der Waals surface area contributed by atoms with Crippen LogP contribution in [-0.4, -0.2) is 20.7 Å². The van der Waals surface area contributed by atoms with Gasteiger partial charge in [0.2, 0.25) is 0 Å². The standard InChI is InChI=1S/C2H6FNO2S.ClH/c3-7(5,6)2-1-4;/h1-2,4H2;1H. The van der Waals surface area contributed by atoms with Gasteiger partial charge in [0.1, 0.15) is 0 Å². The fraction of sp³-hybridized carbons (Fsp3) is 1.00. The molecule has 0 amide bonds. The zero-order valence-corrected chi connectivity index (χ0v) is 5.64. The van der Waals surface area contributed by atoms with E-state index in [1.54, 1.807) is 0 Å². The van der Waals surface area contributed by atoms with Gasteiger partial charge in [0.25, 0.3) is 0 Å². The Morgan fingerprint density at radius 1 is 1.50 bits per heavy atom. The average Bonchev–Trinajstić information content (AvgIpc) is 1.30. The SMILES string of the molecule is Cl.NCCS(=O)(=O)F. The van der Waals surface area contributed by atoms with Gasteiger partial charge >= 0.3 is 10.2 Å². The van der Waals surface area contributed by atoms with E-state index in [1.165, 1.54) is 0 Å². The summed E-state index contributed by atoms with van der Waals surface area (Å²) in [7, 11) is -4.30. The molecule has 0 saturated carbocycles. The molecule has 0 aromatic heterocycles. The third-order valence-corrected chi connectivity index (χ3v) is 1.09. The van der Waals surface area contributed by atoms with Gasteiger partial charge in [-0.05, 0) is 0 Å². The molecule has 2 N–H and O–H groups in total. The number of hydrogen-bond donors (Lipinski definition) is 1. The van der Waals surface area contributed by atoms with Crippen LogP contribution in [-0.2, 0) is 10.2 Å². The minimum absolute atomic E-state index is 0. The lowest BCUT2D eigenvalue weighted by molar-refractivity contribution is 0.552. The third-order valence-electron chi connectivity index (χ3n) is 0.362. The molecule has 0 aliphatic rings. The Bertz CT molecular complexity index is 133. The Morgan fingerprint density at radius 2 is 1.88 bits per heavy atom. The highest BCUT2D eigenvalue weighted by atomic mass is 35.5. The molecule has 52 valence electrons. The largest absolute Gasteiger partial charge is 0.329 e. The highest BCUT2D eigenvalue weighted by Gasteiger charge is 2.01. The van der Waals surface area contributed by atoms with Gasteiger partial charge in [-0.25, -0.2) is 0 Å². The lowest BCUT2D eigenvalue weighted by Gasteiger charge is -1.83. The van der Waals surface area contributed by atoms with Crippen LogP contribution in [0.15, 0.2) is 0 Å². The van der Waals surface area contributed by atoms with Crippen molar-refractivity contribution in [2.24, 2.45) is 5.73 Å². The molecule has 3 nitrogen and oxygen atoms in total. The Balaban J connectivity index is 0. The van der Waals surface area contributed by atoms with Crippen molar-refractivity contribution in [2.45, 2.75) is 0 Å². The molecule has 0 bridgehead atoms. The van der Waals surface area contributed by atoms with Crippen LogP contribution in [0.25, 0.3) is 0 Å². The van der Waals surface area contributed by atoms with E-state index in [9.17, 15) is 12.3 Å². The predicted molar refractivity (Wildman–Crippen MR) is 31.2 cm³/mol. The molecule has 0 radical (unpaired) electrons. The van der Waals surface area contributed by atoms with E-state index in [0.29, 0.717) is 0 Å². The zero-order valence-electron chi connectivity index (χ0n) is 4.00. The summed E-state index contributed by atoms with van der Waals surface area (Å²) in [5, 5.41) is 0. The van der Waals surface area contributed by atoms with Crippen LogP contribution < -0.4 is 5.73 Å². The van der Waals surface area contributed by atoms with E-state index in [0.717, 1.165) is 0 Å². The van der Waals surface area contributed by atoms with Crippen molar-refractivity contribution in [3.8, 4) is 0 Å². The van der Waals surface area contributed by atoms with Crippen molar-refractivity contribution < 1.29 is 12.3 Å². The van der Waals surface area contributed by atoms with Gasteiger partial charge in [-0.2, -0.15) is 8.42 Å². The van der Waals surface area contributed by atoms with Crippen LogP contribution in [0.1, 0.15) is 0 Å². The topological polar surface area (TPSA) is 60.2 Å². The van der Waals surface area contributed by atoms with Crippen molar-refractivity contribution >= 4 is 22.6 Å². The summed E-state index contributed by atoms with van der Waals surface area (Å²) < 4.78 is 30.3. The van der Waals surface area contributed by atoms with E-state index in [2.05, 4.69) is 0 Å². The molecule has 6 heteroatoms. The first-order valence-electron chi connectivity index (χ1n) is 1.68. The van der Waals surface area contributed by atoms with Gasteiger partial charge in [0, 0.05) is 6.54 Å². The lowest BCUT2D eigenvalue weighted by Crippen LogP contribution is -2.10. The van der Waals surface area contributed by atoms with Crippen LogP contribution in [0.3, 0.4) is 0 Å². The van der Waals surface area contributed by atoms with E-state index in [-0.39, 0.29) is 19.0 Å². The molecule has 0 aliphatic carbocycles. The number of hydrogen-bond acceptors (Lipinski definition) is 3. The maximum Gasteiger partial charge on any atom is 0.303 e. The second-order valence-electron chi connectivity index (χ2n) is 1.03. The van der Waals surface area contributed by atoms with Gasteiger partial charge in [0.05, 0.1) is 5.75 Å². The summed E-state index contributed by atoms with van der Waals surface area (Å²) in [5.74, 6) is -0.576. The smallest absolute Gasteiger partial charge is 0.303 e. The molecular formula is C2H7ClFNO2S. The molecule has 0 aromatic rings. The molecule has 0 heterocycles. The van der Waals surface area contributed by atoms with Gasteiger partial charge in [-0.3, -0.25) is 0 Å². The van der Waals surface area contributed by atoms with E-state index in [4.69, 9.17) is 5.73 Å². The van der Waals surface area contributed by atoms with Gasteiger partial charge < -0.3 is 5.73 Å². The average molecular weight is 164 g/mol. The highest BCUT2D eigenvalue weighted by Crippen LogP contribution is 1.85. The number of rotatable bonds is 2.